The van der Waals surface area contributed by atoms with E-state index in [-0.39, 0.29) is 11.8 Å². The molecule has 7 heteroatoms. The number of nitrogens with one attached hydrogen (secondary N) is 1. The van der Waals surface area contributed by atoms with Crippen molar-refractivity contribution in [2.24, 2.45) is 0 Å². The maximum atomic E-state index is 12.5. The Morgan fingerprint density at radius 1 is 1.17 bits per heavy atom. The third kappa shape index (κ3) is 5.24. The molecule has 3 rings (SSSR count). The number of halogens is 1. The van der Waals surface area contributed by atoms with Gasteiger partial charge in [-0.15, -0.1) is 0 Å². The second kappa shape index (κ2) is 9.09. The maximum Gasteiger partial charge on any atom is 0.265 e. The van der Waals surface area contributed by atoms with Gasteiger partial charge in [-0.2, -0.15) is 5.26 Å². The van der Waals surface area contributed by atoms with Crippen LogP contribution in [0.15, 0.2) is 60.8 Å². The molecule has 1 aromatic heterocycles. The van der Waals surface area contributed by atoms with Gasteiger partial charge >= 0.3 is 0 Å². The number of rotatable bonds is 6. The fourth-order valence-corrected chi connectivity index (χ4v) is 2.72. The Morgan fingerprint density at radius 3 is 2.72 bits per heavy atom. The van der Waals surface area contributed by atoms with E-state index >= 15 is 0 Å². The number of ether oxygens (including phenoxy) is 2. The van der Waals surface area contributed by atoms with Gasteiger partial charge in [-0.3, -0.25) is 4.79 Å². The summed E-state index contributed by atoms with van der Waals surface area (Å²) in [6.45, 7) is 3.50. The molecule has 1 heterocycles. The molecule has 0 saturated heterocycles. The highest BCUT2D eigenvalue weighted by Gasteiger charge is 2.16. The Bertz CT molecular complexity index is 1080. The molecule has 0 bridgehead atoms. The predicted molar refractivity (Wildman–Crippen MR) is 110 cm³/mol. The van der Waals surface area contributed by atoms with E-state index in [1.165, 1.54) is 0 Å². The van der Waals surface area contributed by atoms with E-state index in [2.05, 4.69) is 10.3 Å². The summed E-state index contributed by atoms with van der Waals surface area (Å²) in [5, 5.41) is 12.5. The van der Waals surface area contributed by atoms with Crippen LogP contribution in [0.5, 0.6) is 17.4 Å². The van der Waals surface area contributed by atoms with E-state index in [9.17, 15) is 4.79 Å². The molecular formula is C22H18ClN3O3. The highest BCUT2D eigenvalue weighted by Crippen LogP contribution is 2.27. The molecule has 0 aliphatic heterocycles. The van der Waals surface area contributed by atoms with Crippen LogP contribution >= 0.6 is 11.6 Å². The number of nitrogens with zero attached hydrogens (tertiary/aromatic N) is 2. The van der Waals surface area contributed by atoms with Gasteiger partial charge in [-0.25, -0.2) is 4.98 Å². The first-order valence-electron chi connectivity index (χ1n) is 8.83. The van der Waals surface area contributed by atoms with Crippen LogP contribution in [0.25, 0.3) is 0 Å². The second-order valence-corrected chi connectivity index (χ2v) is 6.69. The smallest absolute Gasteiger partial charge is 0.265 e. The Kier molecular flexibility index (Phi) is 6.32. The number of hydrogen-bond acceptors (Lipinski definition) is 5. The lowest BCUT2D eigenvalue weighted by Crippen LogP contribution is -2.30. The fourth-order valence-electron chi connectivity index (χ4n) is 2.54. The van der Waals surface area contributed by atoms with Crippen molar-refractivity contribution in [3.63, 3.8) is 0 Å². The topological polar surface area (TPSA) is 84.2 Å². The van der Waals surface area contributed by atoms with Crippen molar-refractivity contribution in [3.05, 3.63) is 76.9 Å². The number of nitriles is 1. The molecule has 0 spiro atoms. The van der Waals surface area contributed by atoms with Gasteiger partial charge in [0.2, 0.25) is 5.88 Å². The van der Waals surface area contributed by atoms with Crippen LogP contribution in [0.4, 0.5) is 5.69 Å². The molecule has 0 radical (unpaired) electrons. The van der Waals surface area contributed by atoms with Crippen LogP contribution in [0.3, 0.4) is 0 Å². The van der Waals surface area contributed by atoms with E-state index in [4.69, 9.17) is 26.3 Å². The van der Waals surface area contributed by atoms with Gasteiger partial charge in [0.15, 0.2) is 6.10 Å². The van der Waals surface area contributed by atoms with Crippen LogP contribution in [0, 0.1) is 18.3 Å². The molecule has 1 amide bonds. The number of pyridine rings is 1. The van der Waals surface area contributed by atoms with E-state index in [0.29, 0.717) is 27.8 Å². The zero-order valence-electron chi connectivity index (χ0n) is 15.8. The zero-order valence-corrected chi connectivity index (χ0v) is 16.6. The molecule has 1 atom stereocenters. The number of benzene rings is 2. The van der Waals surface area contributed by atoms with Gasteiger partial charge < -0.3 is 14.8 Å². The van der Waals surface area contributed by atoms with E-state index in [1.54, 1.807) is 67.7 Å². The summed E-state index contributed by atoms with van der Waals surface area (Å²) in [6.07, 6.45) is 0.842. The largest absolute Gasteiger partial charge is 0.481 e. The lowest BCUT2D eigenvalue weighted by Gasteiger charge is -2.16. The lowest BCUT2D eigenvalue weighted by molar-refractivity contribution is -0.122. The van der Waals surface area contributed by atoms with Crippen molar-refractivity contribution in [1.82, 2.24) is 4.98 Å². The molecule has 2 aromatic carbocycles. The molecule has 0 fully saturated rings. The highest BCUT2D eigenvalue weighted by molar-refractivity contribution is 6.30. The van der Waals surface area contributed by atoms with Gasteiger partial charge in [0.05, 0.1) is 0 Å². The first-order chi connectivity index (χ1) is 14.0. The fraction of sp³-hybridized carbons (Fsp3) is 0.136. The van der Waals surface area contributed by atoms with Gasteiger partial charge in [-0.1, -0.05) is 17.7 Å². The Morgan fingerprint density at radius 2 is 2.00 bits per heavy atom. The molecule has 29 heavy (non-hydrogen) atoms. The SMILES string of the molecule is Cc1cc(Oc2ncccc2C#N)ccc1NC(=O)C(C)Oc1cccc(Cl)c1. The monoisotopic (exact) mass is 407 g/mol. The van der Waals surface area contributed by atoms with Gasteiger partial charge in [0.25, 0.3) is 5.91 Å². The van der Waals surface area contributed by atoms with Crippen molar-refractivity contribution >= 4 is 23.2 Å². The summed E-state index contributed by atoms with van der Waals surface area (Å²) in [5.74, 6) is 0.969. The van der Waals surface area contributed by atoms with Gasteiger partial charge in [0, 0.05) is 16.9 Å². The lowest BCUT2D eigenvalue weighted by atomic mass is 10.2. The molecular weight excluding hydrogens is 390 g/mol. The molecule has 1 unspecified atom stereocenters. The second-order valence-electron chi connectivity index (χ2n) is 6.25. The van der Waals surface area contributed by atoms with Gasteiger partial charge in [0.1, 0.15) is 23.1 Å². The molecule has 0 aliphatic carbocycles. The van der Waals surface area contributed by atoms with Gasteiger partial charge in [-0.05, 0) is 67.9 Å². The molecule has 0 aliphatic rings. The third-order valence-corrected chi connectivity index (χ3v) is 4.28. The summed E-state index contributed by atoms with van der Waals surface area (Å²) in [7, 11) is 0. The van der Waals surface area contributed by atoms with Crippen LogP contribution in [-0.4, -0.2) is 17.0 Å². The Balaban J connectivity index is 1.67. The number of carbonyl (C=O) groups excluding carboxylic acids is 1. The predicted octanol–water partition coefficient (Wildman–Crippen LogP) is 5.11. The van der Waals surface area contributed by atoms with Crippen LogP contribution < -0.4 is 14.8 Å². The number of amides is 1. The average Bonchev–Trinajstić information content (AvgIpc) is 2.70. The Hall–Kier alpha value is -3.56. The van der Waals surface area contributed by atoms with E-state index < -0.39 is 6.10 Å². The van der Waals surface area contributed by atoms with Crippen molar-refractivity contribution in [3.8, 4) is 23.4 Å². The molecule has 146 valence electrons. The van der Waals surface area contributed by atoms with Crippen LogP contribution in [-0.2, 0) is 4.79 Å². The molecule has 1 N–H and O–H groups in total. The quantitative estimate of drug-likeness (QED) is 0.613. The number of aromatic nitrogens is 1. The van der Waals surface area contributed by atoms with Crippen molar-refractivity contribution in [2.75, 3.05) is 5.32 Å². The molecule has 0 saturated carbocycles. The van der Waals surface area contributed by atoms with E-state index in [1.807, 2.05) is 13.0 Å². The number of aryl methyl sites for hydroxylation is 1. The molecule has 6 nitrogen and oxygen atoms in total. The first-order valence-corrected chi connectivity index (χ1v) is 9.21. The normalized spacial score (nSPS) is 11.2. The van der Waals surface area contributed by atoms with Crippen LogP contribution in [0.2, 0.25) is 5.02 Å². The summed E-state index contributed by atoms with van der Waals surface area (Å²) in [6, 6.07) is 17.4. The van der Waals surface area contributed by atoms with Crippen LogP contribution in [0.1, 0.15) is 18.1 Å². The summed E-state index contributed by atoms with van der Waals surface area (Å²) < 4.78 is 11.3. The average molecular weight is 408 g/mol. The summed E-state index contributed by atoms with van der Waals surface area (Å²) in [5.41, 5.74) is 1.76. The minimum absolute atomic E-state index is 0.231. The minimum atomic E-state index is -0.713. The van der Waals surface area contributed by atoms with Crippen molar-refractivity contribution < 1.29 is 14.3 Å². The van der Waals surface area contributed by atoms with Crippen molar-refractivity contribution in [2.45, 2.75) is 20.0 Å². The first kappa shape index (κ1) is 20.2. The summed E-state index contributed by atoms with van der Waals surface area (Å²) >= 11 is 5.94. The zero-order chi connectivity index (χ0) is 20.8. The maximum absolute atomic E-state index is 12.5. The van der Waals surface area contributed by atoms with Crippen molar-refractivity contribution in [1.29, 1.82) is 5.26 Å². The standard InChI is InChI=1S/C22H18ClN3O3/c1-14-11-19(29-22-16(13-24)5-4-10-25-22)8-9-20(14)26-21(27)15(2)28-18-7-3-6-17(23)12-18/h3-12,15H,1-2H3,(H,26,27). The Labute approximate surface area is 173 Å². The number of anilines is 1. The highest BCUT2D eigenvalue weighted by atomic mass is 35.5. The van der Waals surface area contributed by atoms with E-state index in [0.717, 1.165) is 5.56 Å². The minimum Gasteiger partial charge on any atom is -0.481 e. The number of hydrogen-bond donors (Lipinski definition) is 1. The third-order valence-electron chi connectivity index (χ3n) is 4.04. The number of carbonyl (C=O) groups is 1. The molecule has 3 aromatic rings. The summed E-state index contributed by atoms with van der Waals surface area (Å²) in [4.78, 5) is 16.5.